The lowest BCUT2D eigenvalue weighted by Gasteiger charge is -2.34. The predicted molar refractivity (Wildman–Crippen MR) is 158 cm³/mol. The molecule has 0 unspecified atom stereocenters. The third kappa shape index (κ3) is 5.45. The number of benzene rings is 2. The van der Waals surface area contributed by atoms with Crippen molar-refractivity contribution in [2.75, 3.05) is 38.6 Å². The Morgan fingerprint density at radius 2 is 1.95 bits per heavy atom. The van der Waals surface area contributed by atoms with Gasteiger partial charge in [-0.2, -0.15) is 0 Å². The average molecular weight is 557 g/mol. The van der Waals surface area contributed by atoms with Crippen molar-refractivity contribution in [1.29, 1.82) is 0 Å². The van der Waals surface area contributed by atoms with Crippen molar-refractivity contribution < 1.29 is 14.6 Å². The van der Waals surface area contributed by atoms with Gasteiger partial charge in [0.2, 0.25) is 0 Å². The second-order valence-corrected chi connectivity index (χ2v) is 11.3. The summed E-state index contributed by atoms with van der Waals surface area (Å²) in [5.41, 5.74) is 5.78. The Bertz CT molecular complexity index is 1650. The number of aliphatic hydroxyl groups is 1. The molecular weight excluding hydrogens is 520 g/mol. The number of hydrogen-bond acceptors (Lipinski definition) is 7. The van der Waals surface area contributed by atoms with Crippen LogP contribution in [-0.4, -0.2) is 81.2 Å². The molecule has 0 saturated carbocycles. The van der Waals surface area contributed by atoms with Gasteiger partial charge in [0, 0.05) is 30.9 Å². The van der Waals surface area contributed by atoms with Crippen molar-refractivity contribution in [3.63, 3.8) is 0 Å². The van der Waals surface area contributed by atoms with E-state index in [0.29, 0.717) is 40.2 Å². The first kappa shape index (κ1) is 27.0. The first-order chi connectivity index (χ1) is 19.8. The molecule has 6 rings (SSSR count). The fourth-order valence-corrected chi connectivity index (χ4v) is 5.85. The van der Waals surface area contributed by atoms with Gasteiger partial charge in [-0.15, -0.1) is 0 Å². The second-order valence-electron chi connectivity index (χ2n) is 11.3. The van der Waals surface area contributed by atoms with Gasteiger partial charge in [0.15, 0.2) is 0 Å². The van der Waals surface area contributed by atoms with Gasteiger partial charge in [-0.05, 0) is 82.2 Å². The van der Waals surface area contributed by atoms with Gasteiger partial charge >= 0.3 is 0 Å². The number of pyridine rings is 1. The number of aromatic nitrogens is 3. The highest BCUT2D eigenvalue weighted by molar-refractivity contribution is 6.02. The molecule has 10 nitrogen and oxygen atoms in total. The topological polar surface area (TPSA) is 127 Å². The van der Waals surface area contributed by atoms with Gasteiger partial charge in [-0.25, -0.2) is 4.98 Å². The molecule has 2 aromatic carbocycles. The molecule has 0 aliphatic carbocycles. The Labute approximate surface area is 238 Å². The van der Waals surface area contributed by atoms with Gasteiger partial charge in [0.05, 0.1) is 16.7 Å². The maximum absolute atomic E-state index is 13.3. The van der Waals surface area contributed by atoms with Crippen molar-refractivity contribution in [2.24, 2.45) is 0 Å². The number of aliphatic hydroxyl groups excluding tert-OH is 1. The lowest BCUT2D eigenvalue weighted by Crippen LogP contribution is -2.43. The molecule has 1 fully saturated rings. The van der Waals surface area contributed by atoms with E-state index < -0.39 is 6.10 Å². The normalized spacial score (nSPS) is 16.8. The van der Waals surface area contributed by atoms with Crippen LogP contribution in [0, 0.1) is 13.8 Å². The van der Waals surface area contributed by atoms with Crippen LogP contribution < -0.4 is 15.6 Å². The summed E-state index contributed by atoms with van der Waals surface area (Å²) in [7, 11) is 2.12. The van der Waals surface area contributed by atoms with Crippen LogP contribution in [-0.2, 0) is 6.54 Å². The number of ether oxygens (including phenoxy) is 1. The van der Waals surface area contributed by atoms with Crippen LogP contribution in [0.25, 0.3) is 22.4 Å². The standard InChI is InChI=1S/C31H36N6O4/c1-18-4-5-27(19(2)12-18)41-17-22(38)15-33-24-6-9-32-30(39)28(24)29-34-25-13-20-16-37(21-7-10-36(3)11-8-21)31(40)23(20)14-26(25)35-29/h4-6,9,12-14,21-22,38H,7-8,10-11,15-17H2,1-3H3,(H,34,35)(H2,32,33,39)/t22-/m1/s1. The highest BCUT2D eigenvalue weighted by atomic mass is 16.5. The Morgan fingerprint density at radius 1 is 1.15 bits per heavy atom. The molecule has 214 valence electrons. The molecule has 10 heteroatoms. The van der Waals surface area contributed by atoms with Crippen molar-refractivity contribution >= 4 is 22.6 Å². The van der Waals surface area contributed by atoms with Crippen LogP contribution in [0.15, 0.2) is 47.4 Å². The van der Waals surface area contributed by atoms with Crippen LogP contribution in [0.3, 0.4) is 0 Å². The molecule has 41 heavy (non-hydrogen) atoms. The molecule has 1 amide bonds. The SMILES string of the molecule is Cc1ccc(OC[C@H](O)CNc2cc[nH]c(=O)c2-c2nc3cc4c(cc3[nH]2)C(=O)N(C2CCN(C)CC2)C4)c(C)c1. The molecule has 1 atom stereocenters. The fourth-order valence-electron chi connectivity index (χ4n) is 5.85. The van der Waals surface area contributed by atoms with Crippen molar-refractivity contribution in [3.05, 3.63) is 75.2 Å². The van der Waals surface area contributed by atoms with Crippen LogP contribution in [0.5, 0.6) is 5.75 Å². The molecule has 0 spiro atoms. The lowest BCUT2D eigenvalue weighted by molar-refractivity contribution is 0.0617. The summed E-state index contributed by atoms with van der Waals surface area (Å²) in [6.45, 7) is 6.85. The molecule has 1 saturated heterocycles. The number of likely N-dealkylation sites (tertiary alicyclic amines) is 1. The van der Waals surface area contributed by atoms with Gasteiger partial charge in [-0.3, -0.25) is 9.59 Å². The monoisotopic (exact) mass is 556 g/mol. The van der Waals surface area contributed by atoms with Crippen molar-refractivity contribution in [1.82, 2.24) is 24.8 Å². The summed E-state index contributed by atoms with van der Waals surface area (Å²) < 4.78 is 5.81. The zero-order chi connectivity index (χ0) is 28.7. The number of H-pyrrole nitrogens is 2. The number of imidazole rings is 1. The Hall–Kier alpha value is -4.15. The van der Waals surface area contributed by atoms with Crippen molar-refractivity contribution in [3.8, 4) is 17.1 Å². The third-order valence-corrected chi connectivity index (χ3v) is 8.16. The molecular formula is C31H36N6O4. The summed E-state index contributed by atoms with van der Waals surface area (Å²) >= 11 is 0. The molecule has 0 bridgehead atoms. The van der Waals surface area contributed by atoms with Crippen LogP contribution in [0.1, 0.15) is 39.9 Å². The van der Waals surface area contributed by atoms with Crippen molar-refractivity contribution in [2.45, 2.75) is 45.4 Å². The first-order valence-corrected chi connectivity index (χ1v) is 14.1. The number of fused-ring (bicyclic) bond motifs is 2. The number of nitrogens with one attached hydrogen (secondary N) is 3. The zero-order valence-electron chi connectivity index (χ0n) is 23.7. The van der Waals surface area contributed by atoms with Gasteiger partial charge in [-0.1, -0.05) is 17.7 Å². The molecule has 4 N–H and O–H groups in total. The average Bonchev–Trinajstić information content (AvgIpc) is 3.50. The number of nitrogens with zero attached hydrogens (tertiary/aromatic N) is 3. The Morgan fingerprint density at radius 3 is 2.73 bits per heavy atom. The first-order valence-electron chi connectivity index (χ1n) is 14.1. The van der Waals surface area contributed by atoms with Gasteiger partial charge in [0.1, 0.15) is 29.8 Å². The number of hydrogen-bond donors (Lipinski definition) is 4. The number of carbonyl (C=O) groups is 1. The molecule has 2 aliphatic rings. The summed E-state index contributed by atoms with van der Waals surface area (Å²) in [5.74, 6) is 1.19. The fraction of sp³-hybridized carbons (Fsp3) is 0.387. The highest BCUT2D eigenvalue weighted by Gasteiger charge is 2.34. The van der Waals surface area contributed by atoms with Crippen LogP contribution in [0.4, 0.5) is 5.69 Å². The summed E-state index contributed by atoms with van der Waals surface area (Å²) in [6.07, 6.45) is 2.71. The minimum absolute atomic E-state index is 0.0598. The van der Waals surface area contributed by atoms with E-state index in [4.69, 9.17) is 9.72 Å². The maximum Gasteiger partial charge on any atom is 0.261 e. The Kier molecular flexibility index (Phi) is 7.27. The summed E-state index contributed by atoms with van der Waals surface area (Å²) in [5, 5.41) is 13.8. The van der Waals surface area contributed by atoms with E-state index in [2.05, 4.69) is 27.2 Å². The van der Waals surface area contributed by atoms with E-state index in [-0.39, 0.29) is 30.7 Å². The number of carbonyl (C=O) groups excluding carboxylic acids is 1. The molecule has 0 radical (unpaired) electrons. The zero-order valence-corrected chi connectivity index (χ0v) is 23.7. The predicted octanol–water partition coefficient (Wildman–Crippen LogP) is 3.44. The van der Waals surface area contributed by atoms with E-state index in [1.54, 1.807) is 12.3 Å². The number of aromatic amines is 2. The molecule has 2 aromatic heterocycles. The molecule has 4 heterocycles. The van der Waals surface area contributed by atoms with E-state index in [9.17, 15) is 14.7 Å². The highest BCUT2D eigenvalue weighted by Crippen LogP contribution is 2.32. The molecule has 4 aromatic rings. The third-order valence-electron chi connectivity index (χ3n) is 8.16. The number of rotatable bonds is 8. The lowest BCUT2D eigenvalue weighted by atomic mass is 10.0. The molecule has 2 aliphatic heterocycles. The van der Waals surface area contributed by atoms with E-state index in [1.165, 1.54) is 0 Å². The summed E-state index contributed by atoms with van der Waals surface area (Å²) in [4.78, 5) is 41.2. The van der Waals surface area contributed by atoms with Crippen LogP contribution >= 0.6 is 0 Å². The van der Waals surface area contributed by atoms with Gasteiger partial charge < -0.3 is 34.9 Å². The quantitative estimate of drug-likeness (QED) is 0.262. The van der Waals surface area contributed by atoms with E-state index in [1.807, 2.05) is 49.1 Å². The van der Waals surface area contributed by atoms with E-state index in [0.717, 1.165) is 48.4 Å². The maximum atomic E-state index is 13.3. The van der Waals surface area contributed by atoms with Gasteiger partial charge in [0.25, 0.3) is 11.5 Å². The summed E-state index contributed by atoms with van der Waals surface area (Å²) in [6, 6.07) is 11.7. The smallest absolute Gasteiger partial charge is 0.261 e. The number of amides is 1. The number of piperidine rings is 1. The minimum Gasteiger partial charge on any atom is -0.491 e. The Balaban J connectivity index is 1.18. The largest absolute Gasteiger partial charge is 0.491 e. The van der Waals surface area contributed by atoms with E-state index >= 15 is 0 Å². The number of anilines is 1. The second kappa shape index (κ2) is 11.0. The minimum atomic E-state index is -0.806. The number of aryl methyl sites for hydroxylation is 2. The van der Waals surface area contributed by atoms with Crippen LogP contribution in [0.2, 0.25) is 0 Å².